The standard InChI is InChI=1S/C18H20N2O3/c1-13(21)20-17-5-3-4-16(10-17)18(22)19-11-14-6-8-15(9-7-14)12-23-2/h3-10H,11-12H2,1-2H3,(H,19,22)(H,20,21). The number of nitrogens with one attached hydrogen (secondary N) is 2. The van der Waals surface area contributed by atoms with Gasteiger partial charge in [-0.05, 0) is 29.3 Å². The summed E-state index contributed by atoms with van der Waals surface area (Å²) in [7, 11) is 1.66. The molecule has 23 heavy (non-hydrogen) atoms. The molecule has 0 radical (unpaired) electrons. The molecule has 0 atom stereocenters. The maximum absolute atomic E-state index is 12.2. The lowest BCUT2D eigenvalue weighted by atomic mass is 10.1. The maximum atomic E-state index is 12.2. The molecule has 2 rings (SSSR count). The predicted octanol–water partition coefficient (Wildman–Crippen LogP) is 2.72. The molecule has 0 heterocycles. The minimum atomic E-state index is -0.182. The van der Waals surface area contributed by atoms with E-state index >= 15 is 0 Å². The Bertz CT molecular complexity index is 681. The molecule has 0 saturated carbocycles. The van der Waals surface area contributed by atoms with Crippen LogP contribution in [0.1, 0.15) is 28.4 Å². The molecule has 0 aliphatic carbocycles. The number of amides is 2. The summed E-state index contributed by atoms with van der Waals surface area (Å²) < 4.78 is 5.06. The van der Waals surface area contributed by atoms with E-state index in [4.69, 9.17) is 4.74 Å². The fraction of sp³-hybridized carbons (Fsp3) is 0.222. The first-order valence-corrected chi connectivity index (χ1v) is 7.31. The first-order chi connectivity index (χ1) is 11.1. The Hall–Kier alpha value is -2.66. The van der Waals surface area contributed by atoms with Gasteiger partial charge in [0.05, 0.1) is 6.61 Å². The minimum absolute atomic E-state index is 0.168. The van der Waals surface area contributed by atoms with E-state index in [1.165, 1.54) is 6.92 Å². The zero-order chi connectivity index (χ0) is 16.7. The lowest BCUT2D eigenvalue weighted by Gasteiger charge is -2.08. The van der Waals surface area contributed by atoms with Crippen LogP contribution < -0.4 is 10.6 Å². The average Bonchev–Trinajstić information content (AvgIpc) is 2.54. The van der Waals surface area contributed by atoms with Gasteiger partial charge in [-0.25, -0.2) is 0 Å². The zero-order valence-corrected chi connectivity index (χ0v) is 13.3. The number of rotatable bonds is 6. The van der Waals surface area contributed by atoms with Gasteiger partial charge in [0.25, 0.3) is 5.91 Å². The highest BCUT2D eigenvalue weighted by Crippen LogP contribution is 2.11. The Morgan fingerprint density at radius 2 is 1.74 bits per heavy atom. The number of hydrogen-bond acceptors (Lipinski definition) is 3. The normalized spacial score (nSPS) is 10.2. The molecule has 0 bridgehead atoms. The van der Waals surface area contributed by atoms with Crippen LogP contribution in [0.15, 0.2) is 48.5 Å². The third-order valence-electron chi connectivity index (χ3n) is 3.23. The second-order valence-electron chi connectivity index (χ2n) is 5.19. The molecule has 0 aliphatic rings. The number of methoxy groups -OCH3 is 1. The second kappa shape index (κ2) is 8.10. The number of carbonyl (C=O) groups is 2. The van der Waals surface area contributed by atoms with Gasteiger partial charge in [-0.1, -0.05) is 30.3 Å². The molecule has 0 aliphatic heterocycles. The van der Waals surface area contributed by atoms with Gasteiger partial charge in [0, 0.05) is 31.8 Å². The van der Waals surface area contributed by atoms with Gasteiger partial charge in [-0.2, -0.15) is 0 Å². The maximum Gasteiger partial charge on any atom is 0.251 e. The predicted molar refractivity (Wildman–Crippen MR) is 89.1 cm³/mol. The molecule has 2 N–H and O–H groups in total. The molecule has 2 amide bonds. The largest absolute Gasteiger partial charge is 0.380 e. The summed E-state index contributed by atoms with van der Waals surface area (Å²) in [6.07, 6.45) is 0. The third kappa shape index (κ3) is 5.23. The molecule has 0 unspecified atom stereocenters. The topological polar surface area (TPSA) is 67.4 Å². The van der Waals surface area contributed by atoms with Crippen molar-refractivity contribution in [1.29, 1.82) is 0 Å². The Kier molecular flexibility index (Phi) is 5.88. The van der Waals surface area contributed by atoms with Crippen molar-refractivity contribution < 1.29 is 14.3 Å². The van der Waals surface area contributed by atoms with Crippen LogP contribution in [-0.4, -0.2) is 18.9 Å². The average molecular weight is 312 g/mol. The minimum Gasteiger partial charge on any atom is -0.380 e. The summed E-state index contributed by atoms with van der Waals surface area (Å²) in [5.41, 5.74) is 3.21. The van der Waals surface area contributed by atoms with Crippen LogP contribution >= 0.6 is 0 Å². The molecule has 5 nitrogen and oxygen atoms in total. The molecule has 0 aromatic heterocycles. The second-order valence-corrected chi connectivity index (χ2v) is 5.19. The number of ether oxygens (including phenoxy) is 1. The van der Waals surface area contributed by atoms with Gasteiger partial charge in [-0.3, -0.25) is 9.59 Å². The van der Waals surface area contributed by atoms with E-state index in [1.807, 2.05) is 24.3 Å². The molecule has 5 heteroatoms. The fourth-order valence-corrected chi connectivity index (χ4v) is 2.15. The number of carbonyl (C=O) groups excluding carboxylic acids is 2. The Morgan fingerprint density at radius 3 is 2.39 bits per heavy atom. The van der Waals surface area contributed by atoms with Crippen molar-refractivity contribution in [2.45, 2.75) is 20.1 Å². The van der Waals surface area contributed by atoms with Crippen LogP contribution in [0.3, 0.4) is 0 Å². The lowest BCUT2D eigenvalue weighted by molar-refractivity contribution is -0.114. The summed E-state index contributed by atoms with van der Waals surface area (Å²) in [5.74, 6) is -0.350. The summed E-state index contributed by atoms with van der Waals surface area (Å²) in [5, 5.41) is 5.53. The SMILES string of the molecule is COCc1ccc(CNC(=O)c2cccc(NC(C)=O)c2)cc1. The van der Waals surface area contributed by atoms with Gasteiger partial charge in [0.1, 0.15) is 0 Å². The van der Waals surface area contributed by atoms with Crippen molar-refractivity contribution in [3.63, 3.8) is 0 Å². The van der Waals surface area contributed by atoms with Gasteiger partial charge in [0.2, 0.25) is 5.91 Å². The van der Waals surface area contributed by atoms with Crippen LogP contribution in [0.25, 0.3) is 0 Å². The van der Waals surface area contributed by atoms with Gasteiger partial charge in [-0.15, -0.1) is 0 Å². The molecule has 2 aromatic carbocycles. The van der Waals surface area contributed by atoms with Crippen molar-refractivity contribution in [1.82, 2.24) is 5.32 Å². The molecule has 0 spiro atoms. The van der Waals surface area contributed by atoms with E-state index in [0.717, 1.165) is 11.1 Å². The van der Waals surface area contributed by atoms with Crippen molar-refractivity contribution in [3.8, 4) is 0 Å². The quantitative estimate of drug-likeness (QED) is 0.862. The number of benzene rings is 2. The third-order valence-corrected chi connectivity index (χ3v) is 3.23. The van der Waals surface area contributed by atoms with Gasteiger partial charge < -0.3 is 15.4 Å². The summed E-state index contributed by atoms with van der Waals surface area (Å²) in [6.45, 7) is 2.44. The zero-order valence-electron chi connectivity index (χ0n) is 13.3. The van der Waals surface area contributed by atoms with E-state index in [-0.39, 0.29) is 11.8 Å². The molecule has 2 aromatic rings. The lowest BCUT2D eigenvalue weighted by Crippen LogP contribution is -2.23. The molecule has 0 saturated heterocycles. The Morgan fingerprint density at radius 1 is 1.04 bits per heavy atom. The van der Waals surface area contributed by atoms with Gasteiger partial charge >= 0.3 is 0 Å². The van der Waals surface area contributed by atoms with E-state index < -0.39 is 0 Å². The van der Waals surface area contributed by atoms with Crippen molar-refractivity contribution >= 4 is 17.5 Å². The number of hydrogen-bond donors (Lipinski definition) is 2. The smallest absolute Gasteiger partial charge is 0.251 e. The summed E-state index contributed by atoms with van der Waals surface area (Å²) in [4.78, 5) is 23.2. The van der Waals surface area contributed by atoms with Crippen LogP contribution in [0.2, 0.25) is 0 Å². The first-order valence-electron chi connectivity index (χ1n) is 7.31. The van der Waals surface area contributed by atoms with Crippen LogP contribution in [0.4, 0.5) is 5.69 Å². The molecular weight excluding hydrogens is 292 g/mol. The monoisotopic (exact) mass is 312 g/mol. The molecular formula is C18H20N2O3. The highest BCUT2D eigenvalue weighted by Gasteiger charge is 2.06. The molecule has 120 valence electrons. The van der Waals surface area contributed by atoms with Gasteiger partial charge in [0.15, 0.2) is 0 Å². The highest BCUT2D eigenvalue weighted by molar-refractivity contribution is 5.96. The van der Waals surface area contributed by atoms with Crippen LogP contribution in [-0.2, 0) is 22.7 Å². The van der Waals surface area contributed by atoms with Crippen LogP contribution in [0.5, 0.6) is 0 Å². The van der Waals surface area contributed by atoms with Crippen molar-refractivity contribution in [2.75, 3.05) is 12.4 Å². The van der Waals surface area contributed by atoms with E-state index in [2.05, 4.69) is 10.6 Å². The van der Waals surface area contributed by atoms with E-state index in [1.54, 1.807) is 31.4 Å². The molecule has 0 fully saturated rings. The van der Waals surface area contributed by atoms with Crippen LogP contribution in [0, 0.1) is 0 Å². The Balaban J connectivity index is 1.95. The summed E-state index contributed by atoms with van der Waals surface area (Å²) in [6, 6.07) is 14.7. The highest BCUT2D eigenvalue weighted by atomic mass is 16.5. The number of anilines is 1. The van der Waals surface area contributed by atoms with E-state index in [9.17, 15) is 9.59 Å². The van der Waals surface area contributed by atoms with E-state index in [0.29, 0.717) is 24.4 Å². The Labute approximate surface area is 135 Å². The van der Waals surface area contributed by atoms with Crippen molar-refractivity contribution in [3.05, 3.63) is 65.2 Å². The van der Waals surface area contributed by atoms with Crippen molar-refractivity contribution in [2.24, 2.45) is 0 Å². The fourth-order valence-electron chi connectivity index (χ4n) is 2.15. The summed E-state index contributed by atoms with van der Waals surface area (Å²) >= 11 is 0. The first kappa shape index (κ1) is 16.7.